The molecular weight excluding hydrogens is 374 g/mol. The molecule has 0 unspecified atom stereocenters. The van der Waals surface area contributed by atoms with Gasteiger partial charge in [0.25, 0.3) is 0 Å². The van der Waals surface area contributed by atoms with Gasteiger partial charge in [0.1, 0.15) is 0 Å². The Kier molecular flexibility index (Phi) is 8.32. The van der Waals surface area contributed by atoms with Gasteiger partial charge in [-0.3, -0.25) is 4.99 Å². The standard InChI is InChI=1S/C20H33N5O2S/c1-5-21-20(22-11-7-13-25(4)28(26,27)6-2)23-12-10-17-15-24-19-14-16(3)8-9-18(17)19/h8-9,14-15,24H,5-7,10-13H2,1-4H3,(H2,21,22,23). The average Bonchev–Trinajstić information content (AvgIpc) is 3.06. The fraction of sp³-hybridized carbons (Fsp3) is 0.550. The molecule has 1 aromatic carbocycles. The second-order valence-electron chi connectivity index (χ2n) is 6.88. The molecule has 8 heteroatoms. The maximum atomic E-state index is 11.8. The zero-order valence-electron chi connectivity index (χ0n) is 17.4. The number of rotatable bonds is 10. The second kappa shape index (κ2) is 10.5. The summed E-state index contributed by atoms with van der Waals surface area (Å²) < 4.78 is 24.9. The number of fused-ring (bicyclic) bond motifs is 1. The first-order chi connectivity index (χ1) is 13.4. The van der Waals surface area contributed by atoms with Crippen LogP contribution < -0.4 is 10.6 Å². The van der Waals surface area contributed by atoms with Crippen molar-refractivity contribution in [3.05, 3.63) is 35.5 Å². The molecule has 0 atom stereocenters. The Hall–Kier alpha value is -2.06. The number of aliphatic imine (C=N–C) groups is 1. The fourth-order valence-electron chi connectivity index (χ4n) is 3.01. The highest BCUT2D eigenvalue weighted by atomic mass is 32.2. The van der Waals surface area contributed by atoms with Crippen molar-refractivity contribution in [1.82, 2.24) is 19.9 Å². The highest BCUT2D eigenvalue weighted by Crippen LogP contribution is 2.19. The molecule has 0 saturated carbocycles. The SMILES string of the molecule is CCNC(=NCCCN(C)S(=O)(=O)CC)NCCc1c[nH]c2cc(C)ccc12. The molecule has 0 saturated heterocycles. The molecule has 0 radical (unpaired) electrons. The first kappa shape index (κ1) is 22.2. The van der Waals surface area contributed by atoms with Crippen LogP contribution in [0.25, 0.3) is 10.9 Å². The quantitative estimate of drug-likeness (QED) is 0.320. The molecule has 2 rings (SSSR count). The van der Waals surface area contributed by atoms with Gasteiger partial charge >= 0.3 is 0 Å². The molecule has 0 bridgehead atoms. The molecule has 0 aliphatic rings. The summed E-state index contributed by atoms with van der Waals surface area (Å²) in [7, 11) is -1.50. The monoisotopic (exact) mass is 407 g/mol. The van der Waals surface area contributed by atoms with Crippen LogP contribution in [0.2, 0.25) is 0 Å². The van der Waals surface area contributed by atoms with Gasteiger partial charge in [-0.25, -0.2) is 12.7 Å². The molecule has 0 fully saturated rings. The summed E-state index contributed by atoms with van der Waals surface area (Å²) in [5, 5.41) is 7.85. The Balaban J connectivity index is 1.84. The van der Waals surface area contributed by atoms with Crippen LogP contribution in [0.1, 0.15) is 31.4 Å². The molecule has 7 nitrogen and oxygen atoms in total. The number of hydrogen-bond donors (Lipinski definition) is 3. The third-order valence-corrected chi connectivity index (χ3v) is 6.56. The van der Waals surface area contributed by atoms with E-state index in [-0.39, 0.29) is 5.75 Å². The van der Waals surface area contributed by atoms with E-state index in [1.54, 1.807) is 14.0 Å². The van der Waals surface area contributed by atoms with Crippen LogP contribution in [-0.2, 0) is 16.4 Å². The molecule has 0 amide bonds. The zero-order valence-corrected chi connectivity index (χ0v) is 18.2. The van der Waals surface area contributed by atoms with E-state index >= 15 is 0 Å². The lowest BCUT2D eigenvalue weighted by atomic mass is 10.1. The third kappa shape index (κ3) is 6.24. The summed E-state index contributed by atoms with van der Waals surface area (Å²) in [5.41, 5.74) is 3.70. The van der Waals surface area contributed by atoms with Gasteiger partial charge in [-0.05, 0) is 50.8 Å². The van der Waals surface area contributed by atoms with Crippen molar-refractivity contribution in [2.75, 3.05) is 39.0 Å². The van der Waals surface area contributed by atoms with Crippen LogP contribution in [0.5, 0.6) is 0 Å². The van der Waals surface area contributed by atoms with Gasteiger partial charge in [-0.15, -0.1) is 0 Å². The van der Waals surface area contributed by atoms with E-state index in [0.29, 0.717) is 19.5 Å². The molecule has 1 aromatic heterocycles. The third-order valence-electron chi connectivity index (χ3n) is 4.69. The number of nitrogens with zero attached hydrogens (tertiary/aromatic N) is 2. The normalized spacial score (nSPS) is 12.7. The van der Waals surface area contributed by atoms with Crippen molar-refractivity contribution < 1.29 is 8.42 Å². The maximum absolute atomic E-state index is 11.8. The van der Waals surface area contributed by atoms with E-state index < -0.39 is 10.0 Å². The van der Waals surface area contributed by atoms with Gasteiger partial charge in [0.05, 0.1) is 5.75 Å². The number of nitrogens with one attached hydrogen (secondary N) is 3. The number of sulfonamides is 1. The Labute approximate surface area is 168 Å². The van der Waals surface area contributed by atoms with E-state index in [9.17, 15) is 8.42 Å². The number of aromatic amines is 1. The van der Waals surface area contributed by atoms with Crippen LogP contribution >= 0.6 is 0 Å². The van der Waals surface area contributed by atoms with E-state index in [1.807, 2.05) is 6.92 Å². The predicted molar refractivity (Wildman–Crippen MR) is 117 cm³/mol. The lowest BCUT2D eigenvalue weighted by molar-refractivity contribution is 0.465. The summed E-state index contributed by atoms with van der Waals surface area (Å²) in [6.07, 6.45) is 3.65. The van der Waals surface area contributed by atoms with Crippen molar-refractivity contribution in [3.8, 4) is 0 Å². The smallest absolute Gasteiger partial charge is 0.213 e. The average molecular weight is 408 g/mol. The molecule has 156 valence electrons. The Morgan fingerprint density at radius 3 is 2.75 bits per heavy atom. The molecule has 0 spiro atoms. The predicted octanol–water partition coefficient (Wildman–Crippen LogP) is 2.25. The van der Waals surface area contributed by atoms with Crippen LogP contribution in [-0.4, -0.2) is 62.6 Å². The summed E-state index contributed by atoms with van der Waals surface area (Å²) >= 11 is 0. The van der Waals surface area contributed by atoms with Crippen molar-refractivity contribution in [2.45, 2.75) is 33.6 Å². The van der Waals surface area contributed by atoms with E-state index in [0.717, 1.165) is 25.5 Å². The van der Waals surface area contributed by atoms with Gasteiger partial charge in [-0.2, -0.15) is 0 Å². The highest BCUT2D eigenvalue weighted by Gasteiger charge is 2.13. The van der Waals surface area contributed by atoms with Gasteiger partial charge < -0.3 is 15.6 Å². The lowest BCUT2D eigenvalue weighted by Crippen LogP contribution is -2.38. The minimum atomic E-state index is -3.12. The first-order valence-corrected chi connectivity index (χ1v) is 11.5. The minimum absolute atomic E-state index is 0.129. The Morgan fingerprint density at radius 1 is 1.25 bits per heavy atom. The van der Waals surface area contributed by atoms with Gasteiger partial charge in [0, 0.05) is 50.3 Å². The Bertz CT molecular complexity index is 889. The van der Waals surface area contributed by atoms with Crippen molar-refractivity contribution >= 4 is 26.9 Å². The molecular formula is C20H33N5O2S. The molecule has 0 aliphatic carbocycles. The number of hydrogen-bond acceptors (Lipinski definition) is 3. The molecule has 3 N–H and O–H groups in total. The van der Waals surface area contributed by atoms with E-state index in [1.165, 1.54) is 26.3 Å². The summed E-state index contributed by atoms with van der Waals surface area (Å²) in [6.45, 7) is 8.39. The van der Waals surface area contributed by atoms with Gasteiger partial charge in [0.15, 0.2) is 5.96 Å². The van der Waals surface area contributed by atoms with Crippen molar-refractivity contribution in [1.29, 1.82) is 0 Å². The fourth-order valence-corrected chi connectivity index (χ4v) is 3.86. The number of aryl methyl sites for hydroxylation is 1. The number of aromatic nitrogens is 1. The molecule has 0 aliphatic heterocycles. The molecule has 1 heterocycles. The van der Waals surface area contributed by atoms with Gasteiger partial charge in [-0.1, -0.05) is 12.1 Å². The van der Waals surface area contributed by atoms with Crippen LogP contribution in [0.3, 0.4) is 0 Å². The van der Waals surface area contributed by atoms with E-state index in [4.69, 9.17) is 0 Å². The largest absolute Gasteiger partial charge is 0.361 e. The first-order valence-electron chi connectivity index (χ1n) is 9.90. The Morgan fingerprint density at radius 2 is 2.04 bits per heavy atom. The van der Waals surface area contributed by atoms with Crippen LogP contribution in [0.4, 0.5) is 0 Å². The van der Waals surface area contributed by atoms with Gasteiger partial charge in [0.2, 0.25) is 10.0 Å². The van der Waals surface area contributed by atoms with Crippen LogP contribution in [0, 0.1) is 6.92 Å². The summed E-state index contributed by atoms with van der Waals surface area (Å²) in [4.78, 5) is 7.89. The highest BCUT2D eigenvalue weighted by molar-refractivity contribution is 7.89. The van der Waals surface area contributed by atoms with E-state index in [2.05, 4.69) is 51.9 Å². The summed E-state index contributed by atoms with van der Waals surface area (Å²) in [5.74, 6) is 0.892. The second-order valence-corrected chi connectivity index (χ2v) is 9.24. The van der Waals surface area contributed by atoms with Crippen LogP contribution in [0.15, 0.2) is 29.4 Å². The molecule has 28 heavy (non-hydrogen) atoms. The minimum Gasteiger partial charge on any atom is -0.361 e. The number of guanidine groups is 1. The lowest BCUT2D eigenvalue weighted by Gasteiger charge is -2.15. The summed E-state index contributed by atoms with van der Waals surface area (Å²) in [6, 6.07) is 6.46. The van der Waals surface area contributed by atoms with Crippen molar-refractivity contribution in [2.24, 2.45) is 4.99 Å². The van der Waals surface area contributed by atoms with Crippen molar-refractivity contribution in [3.63, 3.8) is 0 Å². The molecule has 2 aromatic rings. The topological polar surface area (TPSA) is 89.6 Å². The number of H-pyrrole nitrogens is 1. The zero-order chi connectivity index (χ0) is 20.6. The maximum Gasteiger partial charge on any atom is 0.213 e. The number of benzene rings is 1.